The smallest absolute Gasteiger partial charge is 0.408 e. The summed E-state index contributed by atoms with van der Waals surface area (Å²) < 4.78 is 10.5. The third-order valence-electron chi connectivity index (χ3n) is 4.23. The lowest BCUT2D eigenvalue weighted by molar-refractivity contribution is -0.143. The molecule has 0 heterocycles. The Hall–Kier alpha value is -2.04. The Balaban J connectivity index is 2.03. The summed E-state index contributed by atoms with van der Waals surface area (Å²) in [4.78, 5) is 24.1. The quantitative estimate of drug-likeness (QED) is 0.816. The lowest BCUT2D eigenvalue weighted by Gasteiger charge is -2.41. The predicted octanol–water partition coefficient (Wildman–Crippen LogP) is 3.38. The maximum absolute atomic E-state index is 12.3. The number of carbonyl (C=O) groups is 2. The third kappa shape index (κ3) is 4.24. The highest BCUT2D eigenvalue weighted by Crippen LogP contribution is 2.44. The van der Waals surface area contributed by atoms with Crippen molar-refractivity contribution < 1.29 is 19.1 Å². The highest BCUT2D eigenvalue weighted by molar-refractivity contribution is 5.81. The van der Waals surface area contributed by atoms with Gasteiger partial charge >= 0.3 is 12.1 Å². The second-order valence-corrected chi connectivity index (χ2v) is 6.45. The number of benzene rings is 1. The Morgan fingerprint density at radius 3 is 2.35 bits per heavy atom. The van der Waals surface area contributed by atoms with Crippen LogP contribution in [0.3, 0.4) is 0 Å². The summed E-state index contributed by atoms with van der Waals surface area (Å²) in [6.45, 7) is 3.97. The Bertz CT molecular complexity index is 537. The molecule has 0 bridgehead atoms. The number of hydrogen-bond donors (Lipinski definition) is 1. The molecule has 5 nitrogen and oxygen atoms in total. The van der Waals surface area contributed by atoms with Crippen molar-refractivity contribution in [2.75, 3.05) is 7.11 Å². The molecule has 1 aromatic rings. The molecule has 23 heavy (non-hydrogen) atoms. The standard InChI is InChI=1S/C18H25NO4/c1-13(2)12-15(16(20)22-3)19-17(21)23-18(10-7-11-18)14-8-5-4-6-9-14/h4-6,8-9,13,15H,7,10-12H2,1-3H3,(H,19,21). The molecule has 1 fully saturated rings. The third-order valence-corrected chi connectivity index (χ3v) is 4.23. The molecule has 5 heteroatoms. The minimum Gasteiger partial charge on any atom is -0.467 e. The molecule has 126 valence electrons. The highest BCUT2D eigenvalue weighted by atomic mass is 16.6. The summed E-state index contributed by atoms with van der Waals surface area (Å²) in [5.74, 6) is -0.191. The van der Waals surface area contributed by atoms with Crippen molar-refractivity contribution >= 4 is 12.1 Å². The molecule has 1 aliphatic carbocycles. The highest BCUT2D eigenvalue weighted by Gasteiger charge is 2.43. The number of alkyl carbamates (subject to hydrolysis) is 1. The van der Waals surface area contributed by atoms with Crippen LogP contribution in [0, 0.1) is 5.92 Å². The number of hydrogen-bond acceptors (Lipinski definition) is 4. The fourth-order valence-electron chi connectivity index (χ4n) is 2.87. The number of amides is 1. The van der Waals surface area contributed by atoms with Gasteiger partial charge in [-0.1, -0.05) is 44.2 Å². The van der Waals surface area contributed by atoms with Gasteiger partial charge in [-0.2, -0.15) is 0 Å². The van der Waals surface area contributed by atoms with Crippen molar-refractivity contribution in [1.82, 2.24) is 5.32 Å². The van der Waals surface area contributed by atoms with Crippen LogP contribution >= 0.6 is 0 Å². The molecule has 1 saturated carbocycles. The van der Waals surface area contributed by atoms with E-state index in [-0.39, 0.29) is 5.92 Å². The second kappa shape index (κ2) is 7.49. The zero-order valence-corrected chi connectivity index (χ0v) is 14.0. The predicted molar refractivity (Wildman–Crippen MR) is 86.8 cm³/mol. The fraction of sp³-hybridized carbons (Fsp3) is 0.556. The van der Waals surface area contributed by atoms with Crippen LogP contribution in [0.1, 0.15) is 45.1 Å². The van der Waals surface area contributed by atoms with Gasteiger partial charge in [-0.05, 0) is 37.2 Å². The zero-order valence-electron chi connectivity index (χ0n) is 14.0. The van der Waals surface area contributed by atoms with E-state index in [1.54, 1.807) is 0 Å². The zero-order chi connectivity index (χ0) is 16.9. The van der Waals surface area contributed by atoms with Crippen molar-refractivity contribution in [3.63, 3.8) is 0 Å². The van der Waals surface area contributed by atoms with Crippen molar-refractivity contribution in [3.8, 4) is 0 Å². The molecule has 2 rings (SSSR count). The molecular formula is C18H25NO4. The van der Waals surface area contributed by atoms with E-state index in [0.29, 0.717) is 6.42 Å². The number of nitrogens with one attached hydrogen (secondary N) is 1. The molecule has 1 aliphatic rings. The molecule has 1 aromatic carbocycles. The summed E-state index contributed by atoms with van der Waals surface area (Å²) >= 11 is 0. The van der Waals surface area contributed by atoms with Crippen LogP contribution < -0.4 is 5.32 Å². The Kier molecular flexibility index (Phi) is 5.64. The van der Waals surface area contributed by atoms with E-state index in [1.807, 2.05) is 44.2 Å². The van der Waals surface area contributed by atoms with Gasteiger partial charge in [-0.25, -0.2) is 9.59 Å². The topological polar surface area (TPSA) is 64.6 Å². The summed E-state index contributed by atoms with van der Waals surface area (Å²) in [7, 11) is 1.32. The van der Waals surface area contributed by atoms with E-state index in [1.165, 1.54) is 7.11 Å². The minimum absolute atomic E-state index is 0.256. The number of ether oxygens (including phenoxy) is 2. The van der Waals surface area contributed by atoms with Gasteiger partial charge in [-0.3, -0.25) is 0 Å². The van der Waals surface area contributed by atoms with Crippen LogP contribution in [0.25, 0.3) is 0 Å². The number of methoxy groups -OCH3 is 1. The monoisotopic (exact) mass is 319 g/mol. The van der Waals surface area contributed by atoms with Crippen molar-refractivity contribution in [2.45, 2.75) is 51.2 Å². The van der Waals surface area contributed by atoms with Crippen LogP contribution in [-0.2, 0) is 19.9 Å². The number of carbonyl (C=O) groups excluding carboxylic acids is 2. The van der Waals surface area contributed by atoms with Crippen LogP contribution in [0.5, 0.6) is 0 Å². The van der Waals surface area contributed by atoms with Gasteiger partial charge in [0.05, 0.1) is 7.11 Å². The van der Waals surface area contributed by atoms with Crippen LogP contribution in [0.2, 0.25) is 0 Å². The first-order valence-electron chi connectivity index (χ1n) is 8.10. The van der Waals surface area contributed by atoms with Gasteiger partial charge in [-0.15, -0.1) is 0 Å². The van der Waals surface area contributed by atoms with Gasteiger partial charge < -0.3 is 14.8 Å². The maximum Gasteiger partial charge on any atom is 0.408 e. The van der Waals surface area contributed by atoms with Crippen LogP contribution in [0.15, 0.2) is 30.3 Å². The van der Waals surface area contributed by atoms with Crippen molar-refractivity contribution in [1.29, 1.82) is 0 Å². The Labute approximate surface area is 137 Å². The van der Waals surface area contributed by atoms with E-state index < -0.39 is 23.7 Å². The van der Waals surface area contributed by atoms with Gasteiger partial charge in [0.2, 0.25) is 0 Å². The lowest BCUT2D eigenvalue weighted by atomic mass is 9.75. The minimum atomic E-state index is -0.680. The largest absolute Gasteiger partial charge is 0.467 e. The number of rotatable bonds is 6. The van der Waals surface area contributed by atoms with Crippen LogP contribution in [-0.4, -0.2) is 25.2 Å². The lowest BCUT2D eigenvalue weighted by Crippen LogP contribution is -2.47. The molecule has 0 radical (unpaired) electrons. The van der Waals surface area contributed by atoms with Gasteiger partial charge in [0, 0.05) is 0 Å². The molecule has 0 aromatic heterocycles. The van der Waals surface area contributed by atoms with E-state index in [9.17, 15) is 9.59 Å². The van der Waals surface area contributed by atoms with Gasteiger partial charge in [0.1, 0.15) is 11.6 Å². The molecular weight excluding hydrogens is 294 g/mol. The molecule has 0 spiro atoms. The molecule has 0 saturated heterocycles. The Morgan fingerprint density at radius 1 is 1.22 bits per heavy atom. The van der Waals surface area contributed by atoms with Gasteiger partial charge in [0.25, 0.3) is 0 Å². The second-order valence-electron chi connectivity index (χ2n) is 6.45. The first-order chi connectivity index (χ1) is 11.0. The van der Waals surface area contributed by atoms with E-state index in [0.717, 1.165) is 24.8 Å². The average Bonchev–Trinajstić information content (AvgIpc) is 2.50. The van der Waals surface area contributed by atoms with Crippen molar-refractivity contribution in [2.24, 2.45) is 5.92 Å². The fourth-order valence-corrected chi connectivity index (χ4v) is 2.87. The maximum atomic E-state index is 12.3. The SMILES string of the molecule is COC(=O)C(CC(C)C)NC(=O)OC1(c2ccccc2)CCC1. The summed E-state index contributed by atoms with van der Waals surface area (Å²) in [6.07, 6.45) is 2.58. The normalized spacial score (nSPS) is 17.0. The molecule has 0 aliphatic heterocycles. The number of esters is 1. The van der Waals surface area contributed by atoms with E-state index in [2.05, 4.69) is 5.32 Å². The first kappa shape index (κ1) is 17.3. The molecule has 1 N–H and O–H groups in total. The average molecular weight is 319 g/mol. The molecule has 1 unspecified atom stereocenters. The molecule has 1 amide bonds. The summed E-state index contributed by atoms with van der Waals surface area (Å²) in [5, 5.41) is 2.66. The van der Waals surface area contributed by atoms with Crippen molar-refractivity contribution in [3.05, 3.63) is 35.9 Å². The summed E-state index contributed by atoms with van der Waals surface area (Å²) in [5.41, 5.74) is 0.434. The van der Waals surface area contributed by atoms with E-state index in [4.69, 9.17) is 9.47 Å². The Morgan fingerprint density at radius 2 is 1.87 bits per heavy atom. The van der Waals surface area contributed by atoms with Gasteiger partial charge in [0.15, 0.2) is 0 Å². The summed E-state index contributed by atoms with van der Waals surface area (Å²) in [6, 6.07) is 9.07. The molecule has 1 atom stereocenters. The van der Waals surface area contributed by atoms with Crippen LogP contribution in [0.4, 0.5) is 4.79 Å². The van der Waals surface area contributed by atoms with E-state index >= 15 is 0 Å². The first-order valence-corrected chi connectivity index (χ1v) is 8.10.